The number of nitrogens with zero attached hydrogens (tertiary/aromatic N) is 3. The summed E-state index contributed by atoms with van der Waals surface area (Å²) in [5.74, 6) is -0.0862. The van der Waals surface area contributed by atoms with Crippen molar-refractivity contribution in [3.8, 4) is 5.75 Å². The van der Waals surface area contributed by atoms with Gasteiger partial charge in [-0.2, -0.15) is 0 Å². The Balaban J connectivity index is 1.41. The second kappa shape index (κ2) is 11.1. The molecular weight excluding hydrogens is 513 g/mol. The number of allylic oxidation sites excluding steroid dienone is 1. The first-order chi connectivity index (χ1) is 18.4. The fraction of sp³-hybridized carbons (Fsp3) is 0.370. The molecule has 11 heteroatoms. The summed E-state index contributed by atoms with van der Waals surface area (Å²) in [6.07, 6.45) is 1.86. The quantitative estimate of drug-likeness (QED) is 0.421. The average molecular weight is 542 g/mol. The molecule has 2 aliphatic rings. The summed E-state index contributed by atoms with van der Waals surface area (Å²) in [4.78, 5) is 27.6. The van der Waals surface area contributed by atoms with Crippen molar-refractivity contribution in [2.24, 2.45) is 4.99 Å². The lowest BCUT2D eigenvalue weighted by Crippen LogP contribution is -2.43. The van der Waals surface area contributed by atoms with Crippen LogP contribution in [0.5, 0.6) is 5.75 Å². The number of methoxy groups -OCH3 is 1. The van der Waals surface area contributed by atoms with Gasteiger partial charge in [-0.05, 0) is 48.4 Å². The molecule has 3 aromatic rings. The summed E-state index contributed by atoms with van der Waals surface area (Å²) in [6.45, 7) is 3.05. The lowest BCUT2D eigenvalue weighted by molar-refractivity contribution is -0.120. The number of H-pyrrole nitrogens is 1. The van der Waals surface area contributed by atoms with Gasteiger partial charge in [-0.3, -0.25) is 9.79 Å². The number of alkyl halides is 1. The highest BCUT2D eigenvalue weighted by molar-refractivity contribution is 6.32. The van der Waals surface area contributed by atoms with Gasteiger partial charge in [-0.1, -0.05) is 17.7 Å². The Morgan fingerprint density at radius 2 is 2.21 bits per heavy atom. The number of carbonyl (C=O) groups excluding carboxylic acids is 1. The molecule has 5 rings (SSSR count). The van der Waals surface area contributed by atoms with Gasteiger partial charge >= 0.3 is 0 Å². The fourth-order valence-corrected chi connectivity index (χ4v) is 5.04. The van der Waals surface area contributed by atoms with Crippen molar-refractivity contribution in [1.29, 1.82) is 0 Å². The van der Waals surface area contributed by atoms with Crippen molar-refractivity contribution in [1.82, 2.24) is 15.3 Å². The number of amides is 1. The number of aromatic amines is 1. The van der Waals surface area contributed by atoms with Crippen LogP contribution in [0.15, 0.2) is 47.6 Å². The summed E-state index contributed by atoms with van der Waals surface area (Å²) in [5, 5.41) is 13.8. The number of fused-ring (bicyclic) bond motifs is 1. The maximum Gasteiger partial charge on any atom is 0.240 e. The summed E-state index contributed by atoms with van der Waals surface area (Å²) in [7, 11) is 1.52. The molecule has 2 aliphatic heterocycles. The number of benzene rings is 2. The van der Waals surface area contributed by atoms with Crippen LogP contribution >= 0.6 is 11.6 Å². The van der Waals surface area contributed by atoms with E-state index in [9.17, 15) is 14.3 Å². The van der Waals surface area contributed by atoms with E-state index in [2.05, 4.69) is 20.2 Å². The molecule has 0 spiro atoms. The van der Waals surface area contributed by atoms with Gasteiger partial charge in [0.25, 0.3) is 0 Å². The summed E-state index contributed by atoms with van der Waals surface area (Å²) < 4.78 is 23.8. The average Bonchev–Trinajstić information content (AvgIpc) is 3.36. The number of hydrogen-bond donors (Lipinski definition) is 3. The lowest BCUT2D eigenvalue weighted by atomic mass is 9.98. The lowest BCUT2D eigenvalue weighted by Gasteiger charge is -2.33. The Morgan fingerprint density at radius 1 is 1.37 bits per heavy atom. The van der Waals surface area contributed by atoms with Crippen LogP contribution < -0.4 is 15.0 Å². The zero-order valence-electron chi connectivity index (χ0n) is 21.1. The molecule has 3 heterocycles. The number of aliphatic imine (C=N–C) groups is 1. The van der Waals surface area contributed by atoms with Crippen molar-refractivity contribution in [3.05, 3.63) is 64.6 Å². The predicted molar refractivity (Wildman–Crippen MR) is 144 cm³/mol. The maximum absolute atomic E-state index is 13.2. The zero-order valence-corrected chi connectivity index (χ0v) is 21.8. The van der Waals surface area contributed by atoms with Gasteiger partial charge in [0.1, 0.15) is 30.3 Å². The number of ether oxygens (including phenoxy) is 2. The van der Waals surface area contributed by atoms with Gasteiger partial charge < -0.3 is 29.8 Å². The molecular formula is C27H29ClFN5O4. The number of rotatable bonds is 7. The van der Waals surface area contributed by atoms with Crippen LogP contribution in [0.2, 0.25) is 5.02 Å². The van der Waals surface area contributed by atoms with Crippen LogP contribution in [0, 0.1) is 6.92 Å². The van der Waals surface area contributed by atoms with E-state index in [1.54, 1.807) is 24.3 Å². The Hall–Kier alpha value is -3.47. The number of aryl methyl sites for hydroxylation is 1. The number of halogens is 2. The third-order valence-electron chi connectivity index (χ3n) is 6.77. The van der Waals surface area contributed by atoms with E-state index in [-0.39, 0.29) is 12.5 Å². The van der Waals surface area contributed by atoms with E-state index in [1.165, 1.54) is 13.3 Å². The molecule has 1 unspecified atom stereocenters. The Morgan fingerprint density at radius 3 is 2.97 bits per heavy atom. The summed E-state index contributed by atoms with van der Waals surface area (Å²) in [6, 6.07) is 9.02. The highest BCUT2D eigenvalue weighted by Crippen LogP contribution is 2.30. The number of anilines is 1. The number of hydrogen-bond acceptors (Lipinski definition) is 7. The molecule has 1 aromatic heterocycles. The molecule has 1 amide bonds. The van der Waals surface area contributed by atoms with Crippen LogP contribution in [0.1, 0.15) is 29.0 Å². The second-order valence-electron chi connectivity index (χ2n) is 9.32. The van der Waals surface area contributed by atoms with Gasteiger partial charge in [0.05, 0.1) is 48.1 Å². The first-order valence-electron chi connectivity index (χ1n) is 12.3. The topological polar surface area (TPSA) is 112 Å². The fourth-order valence-electron chi connectivity index (χ4n) is 4.78. The van der Waals surface area contributed by atoms with Crippen LogP contribution in [0.3, 0.4) is 0 Å². The van der Waals surface area contributed by atoms with E-state index in [1.807, 2.05) is 19.1 Å². The highest BCUT2D eigenvalue weighted by Gasteiger charge is 2.31. The van der Waals surface area contributed by atoms with Crippen LogP contribution in [-0.2, 0) is 9.53 Å². The molecule has 3 atom stereocenters. The third kappa shape index (κ3) is 5.24. The molecule has 1 fully saturated rings. The molecule has 0 saturated carbocycles. The van der Waals surface area contributed by atoms with E-state index >= 15 is 0 Å². The molecule has 0 radical (unpaired) electrons. The SMILES string of the molecule is COc1ccc([C@H](O)CN=C2C=CNC(=O)C2c2nc3c(C)cc(N4CCO[C@H](CF)C4)cc3[nH]2)cc1Cl. The van der Waals surface area contributed by atoms with Crippen molar-refractivity contribution in [2.45, 2.75) is 25.0 Å². The summed E-state index contributed by atoms with van der Waals surface area (Å²) >= 11 is 6.20. The van der Waals surface area contributed by atoms with Crippen molar-refractivity contribution in [2.75, 3.05) is 44.9 Å². The number of aliphatic hydroxyl groups excluding tert-OH is 1. The van der Waals surface area contributed by atoms with Crippen molar-refractivity contribution < 1.29 is 23.8 Å². The second-order valence-corrected chi connectivity index (χ2v) is 9.73. The summed E-state index contributed by atoms with van der Waals surface area (Å²) in [5.41, 5.74) is 4.45. The van der Waals surface area contributed by atoms with Crippen LogP contribution in [-0.4, -0.2) is 72.8 Å². The predicted octanol–water partition coefficient (Wildman–Crippen LogP) is 3.61. The number of morpholine rings is 1. The van der Waals surface area contributed by atoms with Gasteiger partial charge in [-0.25, -0.2) is 9.37 Å². The maximum atomic E-state index is 13.2. The minimum atomic E-state index is -0.924. The van der Waals surface area contributed by atoms with E-state index in [0.29, 0.717) is 47.6 Å². The third-order valence-corrected chi connectivity index (χ3v) is 7.07. The number of aromatic nitrogens is 2. The Kier molecular flexibility index (Phi) is 7.64. The van der Waals surface area contributed by atoms with Gasteiger partial charge in [0.2, 0.25) is 5.91 Å². The van der Waals surface area contributed by atoms with Gasteiger partial charge in [0.15, 0.2) is 0 Å². The molecule has 1 saturated heterocycles. The monoisotopic (exact) mass is 541 g/mol. The molecule has 0 aliphatic carbocycles. The minimum absolute atomic E-state index is 0.0300. The Bertz CT molecular complexity index is 1410. The van der Waals surface area contributed by atoms with Gasteiger partial charge in [0, 0.05) is 25.0 Å². The van der Waals surface area contributed by atoms with Crippen molar-refractivity contribution in [3.63, 3.8) is 0 Å². The number of aliphatic hydroxyl groups is 1. The molecule has 0 bridgehead atoms. The van der Waals surface area contributed by atoms with E-state index in [0.717, 1.165) is 22.3 Å². The molecule has 2 aromatic carbocycles. The molecule has 38 heavy (non-hydrogen) atoms. The largest absolute Gasteiger partial charge is 0.495 e. The highest BCUT2D eigenvalue weighted by atomic mass is 35.5. The first kappa shape index (κ1) is 26.1. The normalized spacial score (nSPS) is 21.7. The molecule has 200 valence electrons. The standard InChI is InChI=1S/C27H29ClFN5O4/c1-15-9-17(34-7-8-38-18(12-29)14-34)11-21-25(15)33-26(32-21)24-20(5-6-30-27(24)36)31-13-22(35)16-3-4-23(37-2)19(28)10-16/h3-6,9-11,18,22,24,35H,7-8,12-14H2,1-2H3,(H,30,36)(H,32,33)/t18-,22-,24?/m1/s1. The van der Waals surface area contributed by atoms with Crippen molar-refractivity contribution >= 4 is 39.9 Å². The molecule has 3 N–H and O–H groups in total. The van der Waals surface area contributed by atoms with E-state index in [4.69, 9.17) is 26.1 Å². The first-order valence-corrected chi connectivity index (χ1v) is 12.7. The van der Waals surface area contributed by atoms with Crippen LogP contribution in [0.4, 0.5) is 10.1 Å². The number of imidazole rings is 1. The van der Waals surface area contributed by atoms with Gasteiger partial charge in [-0.15, -0.1) is 0 Å². The van der Waals surface area contributed by atoms with E-state index < -0.39 is 24.8 Å². The van der Waals surface area contributed by atoms with Crippen LogP contribution in [0.25, 0.3) is 11.0 Å². The number of carbonyl (C=O) groups is 1. The molecule has 9 nitrogen and oxygen atoms in total. The Labute approximate surface area is 224 Å². The number of nitrogens with one attached hydrogen (secondary N) is 2. The zero-order chi connectivity index (χ0) is 26.8. The smallest absolute Gasteiger partial charge is 0.240 e. The minimum Gasteiger partial charge on any atom is -0.495 e.